The van der Waals surface area contributed by atoms with E-state index in [-0.39, 0.29) is 10.4 Å². The van der Waals surface area contributed by atoms with Gasteiger partial charge >= 0.3 is 0 Å². The van der Waals surface area contributed by atoms with Crippen LogP contribution in [0.25, 0.3) is 0 Å². The molecule has 2 aliphatic heterocycles. The fraction of sp³-hybridized carbons (Fsp3) is 1.00. The summed E-state index contributed by atoms with van der Waals surface area (Å²) >= 11 is 3.55. The molecule has 0 bridgehead atoms. The molecule has 0 aromatic carbocycles. The van der Waals surface area contributed by atoms with Crippen LogP contribution in [0, 0.1) is 5.41 Å². The molecule has 3 atom stereocenters. The first kappa shape index (κ1) is 12.8. The average molecular weight is 295 g/mol. The van der Waals surface area contributed by atoms with Crippen molar-refractivity contribution >= 4 is 15.9 Å². The van der Waals surface area contributed by atoms with Crippen molar-refractivity contribution in [3.05, 3.63) is 0 Å². The van der Waals surface area contributed by atoms with Crippen LogP contribution in [0.4, 0.5) is 0 Å². The summed E-state index contributed by atoms with van der Waals surface area (Å²) in [7, 11) is 0. The fourth-order valence-electron chi connectivity index (χ4n) is 1.26. The van der Waals surface area contributed by atoms with Crippen molar-refractivity contribution in [2.75, 3.05) is 33.0 Å². The highest BCUT2D eigenvalue weighted by atomic mass is 79.9. The minimum Gasteiger partial charge on any atom is -0.378 e. The van der Waals surface area contributed by atoms with Gasteiger partial charge in [-0.15, -0.1) is 0 Å². The third-order valence-electron chi connectivity index (χ3n) is 2.63. The van der Waals surface area contributed by atoms with Gasteiger partial charge < -0.3 is 18.9 Å². The molecule has 16 heavy (non-hydrogen) atoms. The Bertz CT molecular complexity index is 226. The predicted molar refractivity (Wildman–Crippen MR) is 62.7 cm³/mol. The van der Waals surface area contributed by atoms with Crippen molar-refractivity contribution in [1.82, 2.24) is 0 Å². The zero-order chi connectivity index (χ0) is 11.6. The monoisotopic (exact) mass is 294 g/mol. The van der Waals surface area contributed by atoms with E-state index in [4.69, 9.17) is 18.9 Å². The molecule has 0 amide bonds. The molecular formula is C11H19BrO4. The first-order chi connectivity index (χ1) is 7.58. The molecule has 2 rings (SSSR count). The van der Waals surface area contributed by atoms with E-state index in [9.17, 15) is 0 Å². The molecule has 0 N–H and O–H groups in total. The van der Waals surface area contributed by atoms with Gasteiger partial charge in [0.2, 0.25) is 0 Å². The fourth-order valence-corrected chi connectivity index (χ4v) is 1.55. The highest BCUT2D eigenvalue weighted by Gasteiger charge is 2.32. The van der Waals surface area contributed by atoms with Crippen molar-refractivity contribution in [3.8, 4) is 0 Å². The van der Waals surface area contributed by atoms with Crippen molar-refractivity contribution in [1.29, 1.82) is 0 Å². The topological polar surface area (TPSA) is 43.5 Å². The van der Waals surface area contributed by atoms with Crippen molar-refractivity contribution in [2.24, 2.45) is 5.41 Å². The number of hydrogen-bond donors (Lipinski definition) is 0. The number of ether oxygens (including phenoxy) is 4. The Hall–Kier alpha value is 0.320. The van der Waals surface area contributed by atoms with Gasteiger partial charge in [0, 0.05) is 5.41 Å². The quantitative estimate of drug-likeness (QED) is 0.503. The zero-order valence-electron chi connectivity index (χ0n) is 9.78. The normalized spacial score (nSPS) is 30.2. The summed E-state index contributed by atoms with van der Waals surface area (Å²) in [5.74, 6) is 0. The number of epoxide rings is 2. The molecule has 3 unspecified atom stereocenters. The molecule has 0 spiro atoms. The molecule has 5 heteroatoms. The largest absolute Gasteiger partial charge is 0.378 e. The molecule has 4 nitrogen and oxygen atoms in total. The summed E-state index contributed by atoms with van der Waals surface area (Å²) < 4.78 is 21.5. The number of rotatable bonds is 8. The molecule has 0 radical (unpaired) electrons. The Morgan fingerprint density at radius 2 is 1.81 bits per heavy atom. The summed E-state index contributed by atoms with van der Waals surface area (Å²) in [5.41, 5.74) is -0.0518. The van der Waals surface area contributed by atoms with E-state index in [1.807, 2.05) is 0 Å². The van der Waals surface area contributed by atoms with E-state index in [1.165, 1.54) is 0 Å². The van der Waals surface area contributed by atoms with E-state index in [1.54, 1.807) is 0 Å². The van der Waals surface area contributed by atoms with Crippen LogP contribution in [-0.2, 0) is 18.9 Å². The summed E-state index contributed by atoms with van der Waals surface area (Å²) in [6.45, 7) is 7.92. The molecule has 2 fully saturated rings. The van der Waals surface area contributed by atoms with Crippen LogP contribution >= 0.6 is 15.9 Å². The Balaban J connectivity index is 1.61. The maximum Gasteiger partial charge on any atom is 0.119 e. The van der Waals surface area contributed by atoms with Crippen molar-refractivity contribution < 1.29 is 18.9 Å². The number of hydrogen-bond acceptors (Lipinski definition) is 4. The summed E-state index contributed by atoms with van der Waals surface area (Å²) in [6, 6.07) is 0. The Labute approximate surface area is 105 Å². The molecule has 94 valence electrons. The summed E-state index contributed by atoms with van der Waals surface area (Å²) in [4.78, 5) is 0. The maximum absolute atomic E-state index is 5.68. The highest BCUT2D eigenvalue weighted by Crippen LogP contribution is 2.29. The van der Waals surface area contributed by atoms with Gasteiger partial charge in [-0.25, -0.2) is 0 Å². The highest BCUT2D eigenvalue weighted by molar-refractivity contribution is 9.09. The van der Waals surface area contributed by atoms with Crippen LogP contribution in [0.2, 0.25) is 0 Å². The first-order valence-electron chi connectivity index (χ1n) is 5.64. The van der Waals surface area contributed by atoms with Gasteiger partial charge in [0.25, 0.3) is 0 Å². The molecule has 2 aliphatic rings. The van der Waals surface area contributed by atoms with Crippen LogP contribution in [0.1, 0.15) is 13.8 Å². The van der Waals surface area contributed by atoms with Gasteiger partial charge in [-0.1, -0.05) is 29.8 Å². The Morgan fingerprint density at radius 1 is 1.25 bits per heavy atom. The summed E-state index contributed by atoms with van der Waals surface area (Å²) in [5, 5.41) is -0.00989. The maximum atomic E-state index is 5.68. The van der Waals surface area contributed by atoms with Crippen molar-refractivity contribution in [3.63, 3.8) is 0 Å². The standard InChI is InChI=1S/C11H19BrO4/c1-11(2,7-13-3-8-4-14-8)10(12)16-6-9-5-15-9/h8-10H,3-7H2,1-2H3. The van der Waals surface area contributed by atoms with Crippen molar-refractivity contribution in [2.45, 2.75) is 31.1 Å². The lowest BCUT2D eigenvalue weighted by atomic mass is 9.96. The van der Waals surface area contributed by atoms with E-state index in [2.05, 4.69) is 29.8 Å². The van der Waals surface area contributed by atoms with E-state index < -0.39 is 0 Å². The predicted octanol–water partition coefficient (Wildman–Crippen LogP) is 1.56. The molecule has 0 aromatic heterocycles. The van der Waals surface area contributed by atoms with Gasteiger partial charge in [-0.05, 0) is 0 Å². The minimum absolute atomic E-state index is 0.00989. The first-order valence-corrected chi connectivity index (χ1v) is 6.56. The van der Waals surface area contributed by atoms with Gasteiger partial charge in [0.15, 0.2) is 0 Å². The van der Waals surface area contributed by atoms with E-state index >= 15 is 0 Å². The van der Waals surface area contributed by atoms with Crippen LogP contribution in [-0.4, -0.2) is 50.3 Å². The lowest BCUT2D eigenvalue weighted by molar-refractivity contribution is -0.0242. The molecule has 0 aliphatic carbocycles. The molecule has 2 heterocycles. The van der Waals surface area contributed by atoms with Gasteiger partial charge in [0.05, 0.1) is 33.0 Å². The lowest BCUT2D eigenvalue weighted by Crippen LogP contribution is -2.33. The third kappa shape index (κ3) is 4.30. The SMILES string of the molecule is CC(C)(COCC1CO1)C(Br)OCC1CO1. The second kappa shape index (κ2) is 5.31. The molecule has 0 aromatic rings. The minimum atomic E-state index is -0.0518. The van der Waals surface area contributed by atoms with Gasteiger partial charge in [0.1, 0.15) is 17.2 Å². The molecule has 2 saturated heterocycles. The Kier molecular flexibility index (Phi) is 4.24. The second-order valence-corrected chi connectivity index (χ2v) is 5.90. The Morgan fingerprint density at radius 3 is 2.38 bits per heavy atom. The average Bonchev–Trinajstić information content (AvgIpc) is 3.07. The van der Waals surface area contributed by atoms with Crippen LogP contribution in [0.15, 0.2) is 0 Å². The lowest BCUT2D eigenvalue weighted by Gasteiger charge is -2.29. The number of halogens is 1. The molecule has 0 saturated carbocycles. The summed E-state index contributed by atoms with van der Waals surface area (Å²) in [6.07, 6.45) is 0.627. The second-order valence-electron chi connectivity index (χ2n) is 5.06. The van der Waals surface area contributed by atoms with Crippen LogP contribution in [0.3, 0.4) is 0 Å². The smallest absolute Gasteiger partial charge is 0.119 e. The van der Waals surface area contributed by atoms with Crippen LogP contribution in [0.5, 0.6) is 0 Å². The number of alkyl halides is 1. The molecular weight excluding hydrogens is 276 g/mol. The van der Waals surface area contributed by atoms with Crippen LogP contribution < -0.4 is 0 Å². The van der Waals surface area contributed by atoms with Gasteiger partial charge in [-0.2, -0.15) is 0 Å². The third-order valence-corrected chi connectivity index (χ3v) is 4.13. The van der Waals surface area contributed by atoms with E-state index in [0.29, 0.717) is 32.0 Å². The zero-order valence-corrected chi connectivity index (χ0v) is 11.4. The van der Waals surface area contributed by atoms with Gasteiger partial charge in [-0.3, -0.25) is 0 Å². The van der Waals surface area contributed by atoms with E-state index in [0.717, 1.165) is 13.2 Å².